The Morgan fingerprint density at radius 2 is 1.00 bits per heavy atom. The first kappa shape index (κ1) is 39.8. The van der Waals surface area contributed by atoms with E-state index < -0.39 is 0 Å². The molecule has 0 saturated carbocycles. The Hall–Kier alpha value is 3.40. The molecule has 0 aliphatic carbocycles. The van der Waals surface area contributed by atoms with Gasteiger partial charge in [-0.25, -0.2) is 0 Å². The van der Waals surface area contributed by atoms with Crippen LogP contribution in [0.5, 0.6) is 0 Å². The molecule has 0 saturated heterocycles. The van der Waals surface area contributed by atoms with E-state index in [9.17, 15) is 0 Å². The van der Waals surface area contributed by atoms with Crippen molar-refractivity contribution >= 4 is 95.6 Å². The first-order valence-electron chi connectivity index (χ1n) is 0. The summed E-state index contributed by atoms with van der Waals surface area (Å²) < 4.78 is 0. The van der Waals surface area contributed by atoms with Crippen LogP contribution in [0.1, 0.15) is 0 Å². The minimum Gasteiger partial charge on any atom is 0 e. The molecule has 0 unspecified atom stereocenters. The summed E-state index contributed by atoms with van der Waals surface area (Å²) in [5.41, 5.74) is 0. The van der Waals surface area contributed by atoms with Crippen LogP contribution in [0, 0.1) is 0 Å². The van der Waals surface area contributed by atoms with E-state index in [1.54, 1.807) is 0 Å². The minimum absolute atomic E-state index is 0. The molecule has 0 N–H and O–H groups in total. The Balaban J connectivity index is 0. The number of hydrogen-bond acceptors (Lipinski definition) is 0. The van der Waals surface area contributed by atoms with Gasteiger partial charge in [-0.3, -0.25) is 0 Å². The molecule has 0 aromatic rings. The molecule has 13 radical (unpaired) electrons. The molecule has 0 aromatic carbocycles. The van der Waals surface area contributed by atoms with E-state index in [1.807, 2.05) is 0 Å². The van der Waals surface area contributed by atoms with Gasteiger partial charge in [0.05, 0.1) is 0 Å². The monoisotopic (exact) mass is 449 g/mol. The van der Waals surface area contributed by atoms with E-state index in [2.05, 4.69) is 0 Å². The Bertz CT molecular complexity index is 11.6. The zero-order chi connectivity index (χ0) is 0. The number of rotatable bonds is 0. The molecule has 0 aliphatic rings. The van der Waals surface area contributed by atoms with E-state index in [4.69, 9.17) is 0 Å². The maximum absolute atomic E-state index is 0. The van der Waals surface area contributed by atoms with Crippen LogP contribution in [0.25, 0.3) is 0 Å². The van der Waals surface area contributed by atoms with Crippen LogP contribution < -0.4 is 0 Å². The van der Waals surface area contributed by atoms with Gasteiger partial charge < -0.3 is 0 Å². The smallest absolute Gasteiger partial charge is 0 e. The molecule has 0 fully saturated rings. The van der Waals surface area contributed by atoms with Crippen molar-refractivity contribution in [2.45, 2.75) is 0 Å². The standard InChI is InChI=1S/B.Ba.Pb.Si.Zn. The Labute approximate surface area is 112 Å². The molecule has 0 spiro atoms. The molecule has 0 nitrogen and oxygen atoms in total. The van der Waals surface area contributed by atoms with E-state index in [0.717, 1.165) is 0 Å². The summed E-state index contributed by atoms with van der Waals surface area (Å²) in [4.78, 5) is 0. The maximum Gasteiger partial charge on any atom is 0 e. The third-order valence-electron chi connectivity index (χ3n) is 0. The fraction of sp³-hybridized carbons (Fsp3) is 0. The summed E-state index contributed by atoms with van der Waals surface area (Å²) in [7, 11) is 0. The predicted octanol–water partition coefficient (Wildman–Crippen LogP) is -1.53. The predicted molar refractivity (Wildman–Crippen MR) is 23.0 cm³/mol. The van der Waals surface area contributed by atoms with Crippen LogP contribution in [0.4, 0.5) is 0 Å². The van der Waals surface area contributed by atoms with E-state index >= 15 is 0 Å². The average Bonchev–Trinajstić information content (AvgIpc) is 0. The maximum atomic E-state index is 0. The molecule has 0 atom stereocenters. The van der Waals surface area contributed by atoms with Crippen molar-refractivity contribution < 1.29 is 19.5 Å². The first-order valence-corrected chi connectivity index (χ1v) is 0. The van der Waals surface area contributed by atoms with Crippen LogP contribution in [0.15, 0.2) is 0 Å². The summed E-state index contributed by atoms with van der Waals surface area (Å²) >= 11 is 0. The van der Waals surface area contributed by atoms with Gasteiger partial charge in [-0.2, -0.15) is 0 Å². The quantitative estimate of drug-likeness (QED) is 0.395. The van der Waals surface area contributed by atoms with Gasteiger partial charge in [0.15, 0.2) is 0 Å². The van der Waals surface area contributed by atoms with Crippen LogP contribution in [0.2, 0.25) is 0 Å². The van der Waals surface area contributed by atoms with Gasteiger partial charge in [0.1, 0.15) is 0 Å². The van der Waals surface area contributed by atoms with Crippen LogP contribution in [0.3, 0.4) is 0 Å². The van der Waals surface area contributed by atoms with Crippen LogP contribution >= 0.6 is 0 Å². The Kier molecular flexibility index (Phi) is 209. The van der Waals surface area contributed by atoms with Gasteiger partial charge >= 0.3 is 0 Å². The fourth-order valence-electron chi connectivity index (χ4n) is 0. The first-order chi connectivity index (χ1) is 0. The number of hydrogen-bond donors (Lipinski definition) is 0. The molecule has 0 rings (SSSR count). The third kappa shape index (κ3) is 18.7. The zero-order valence-electron chi connectivity index (χ0n) is 2.99. The Morgan fingerprint density at radius 3 is 1.00 bits per heavy atom. The van der Waals surface area contributed by atoms with Crippen LogP contribution in [-0.4, -0.2) is 95.6 Å². The summed E-state index contributed by atoms with van der Waals surface area (Å²) in [5.74, 6) is 0. The van der Waals surface area contributed by atoms with Crippen LogP contribution in [-0.2, 0) is 19.5 Å². The second kappa shape index (κ2) is 26.2. The molecular weight excluding hydrogens is 449 g/mol. The average molecular weight is 449 g/mol. The van der Waals surface area contributed by atoms with E-state index in [-0.39, 0.29) is 115 Å². The molecule has 5 heteroatoms. The van der Waals surface area contributed by atoms with E-state index in [1.165, 1.54) is 0 Å². The van der Waals surface area contributed by atoms with Gasteiger partial charge in [0, 0.05) is 115 Å². The molecule has 15 valence electrons. The van der Waals surface area contributed by atoms with Crippen molar-refractivity contribution in [3.63, 3.8) is 0 Å². The summed E-state index contributed by atoms with van der Waals surface area (Å²) in [6.07, 6.45) is 0. The molecule has 0 amide bonds. The van der Waals surface area contributed by atoms with Gasteiger partial charge in [-0.05, 0) is 0 Å². The van der Waals surface area contributed by atoms with Crippen molar-refractivity contribution in [2.24, 2.45) is 0 Å². The zero-order valence-corrected chi connectivity index (χ0v) is 15.3. The van der Waals surface area contributed by atoms with Gasteiger partial charge in [0.25, 0.3) is 0 Å². The normalized spacial score (nSPS) is 0. The topological polar surface area (TPSA) is 0 Å². The summed E-state index contributed by atoms with van der Waals surface area (Å²) in [6.45, 7) is 0. The van der Waals surface area contributed by atoms with Crippen molar-refractivity contribution in [1.82, 2.24) is 0 Å². The second-order valence-electron chi connectivity index (χ2n) is 0. The summed E-state index contributed by atoms with van der Waals surface area (Å²) in [5, 5.41) is 0. The van der Waals surface area contributed by atoms with Gasteiger partial charge in [-0.15, -0.1) is 0 Å². The van der Waals surface area contributed by atoms with Crippen molar-refractivity contribution in [3.8, 4) is 0 Å². The second-order valence-corrected chi connectivity index (χ2v) is 0. The fourth-order valence-corrected chi connectivity index (χ4v) is 0. The Morgan fingerprint density at radius 1 is 1.00 bits per heavy atom. The van der Waals surface area contributed by atoms with Crippen molar-refractivity contribution in [2.75, 3.05) is 0 Å². The molecular formula is BBaPbSiZn. The van der Waals surface area contributed by atoms with Crippen molar-refractivity contribution in [3.05, 3.63) is 0 Å². The van der Waals surface area contributed by atoms with E-state index in [0.29, 0.717) is 0 Å². The van der Waals surface area contributed by atoms with Gasteiger partial charge in [0.2, 0.25) is 0 Å². The molecule has 0 aromatic heterocycles. The van der Waals surface area contributed by atoms with Crippen molar-refractivity contribution in [1.29, 1.82) is 0 Å². The SMILES string of the molecule is [B].[Ba].[Pb].[Si].[Zn]. The minimum atomic E-state index is 0. The molecule has 0 bridgehead atoms. The summed E-state index contributed by atoms with van der Waals surface area (Å²) in [6, 6.07) is 0. The molecule has 0 aliphatic heterocycles. The van der Waals surface area contributed by atoms with Gasteiger partial charge in [-0.1, -0.05) is 0 Å². The molecule has 0 heterocycles. The largest absolute Gasteiger partial charge is 0 e. The molecule has 5 heavy (non-hydrogen) atoms. The third-order valence-corrected chi connectivity index (χ3v) is 0.